The van der Waals surface area contributed by atoms with Gasteiger partial charge in [0, 0.05) is 33.9 Å². The molecule has 0 aliphatic carbocycles. The van der Waals surface area contributed by atoms with Crippen molar-refractivity contribution in [2.75, 3.05) is 5.32 Å². The zero-order valence-electron chi connectivity index (χ0n) is 37.5. The van der Waals surface area contributed by atoms with Crippen molar-refractivity contribution in [2.45, 2.75) is 0 Å². The third-order valence-corrected chi connectivity index (χ3v) is 13.0. The molecule has 12 rings (SSSR count). The minimum Gasteiger partial charge on any atom is -0.355 e. The summed E-state index contributed by atoms with van der Waals surface area (Å²) in [6, 6.07) is 83.7. The molecule has 12 aromatic rings. The van der Waals surface area contributed by atoms with E-state index >= 15 is 0 Å². The van der Waals surface area contributed by atoms with Crippen LogP contribution in [0.5, 0.6) is 0 Å². The third-order valence-electron chi connectivity index (χ3n) is 13.0. The second-order valence-corrected chi connectivity index (χ2v) is 17.2. The molecule has 69 heavy (non-hydrogen) atoms. The Morgan fingerprint density at radius 2 is 0.696 bits per heavy atom. The van der Waals surface area contributed by atoms with Crippen molar-refractivity contribution in [3.8, 4) is 78.1 Å². The highest BCUT2D eigenvalue weighted by Gasteiger charge is 2.17. The van der Waals surface area contributed by atoms with Crippen molar-refractivity contribution < 1.29 is 0 Å². The van der Waals surface area contributed by atoms with E-state index in [4.69, 9.17) is 15.6 Å². The lowest BCUT2D eigenvalue weighted by Gasteiger charge is -2.18. The first-order chi connectivity index (χ1) is 34.1. The fraction of sp³-hybridized carbons (Fsp3) is 0. The van der Waals surface area contributed by atoms with E-state index in [-0.39, 0.29) is 0 Å². The van der Waals surface area contributed by atoms with Crippen LogP contribution in [0.2, 0.25) is 0 Å². The highest BCUT2D eigenvalue weighted by molar-refractivity contribution is 5.95. The van der Waals surface area contributed by atoms with Gasteiger partial charge in [-0.3, -0.25) is 0 Å². The molecule has 0 aliphatic heterocycles. The van der Waals surface area contributed by atoms with Crippen LogP contribution in [0.15, 0.2) is 249 Å². The predicted octanol–water partition coefficient (Wildman–Crippen LogP) is 16.1. The summed E-state index contributed by atoms with van der Waals surface area (Å²) in [5.41, 5.74) is 20.5. The first-order valence-electron chi connectivity index (χ1n) is 23.1. The van der Waals surface area contributed by atoms with E-state index in [1.165, 1.54) is 6.21 Å². The molecule has 6 heteroatoms. The van der Waals surface area contributed by atoms with Gasteiger partial charge in [-0.15, -0.1) is 0 Å². The Bertz CT molecular complexity index is 3640. The zero-order valence-corrected chi connectivity index (χ0v) is 37.5. The maximum Gasteiger partial charge on any atom is 0.0741 e. The Morgan fingerprint density at radius 1 is 0.348 bits per heavy atom. The van der Waals surface area contributed by atoms with Crippen LogP contribution in [0.1, 0.15) is 5.56 Å². The number of anilines is 2. The second-order valence-electron chi connectivity index (χ2n) is 17.2. The number of hydrogen-bond donors (Lipinski definition) is 2. The topological polar surface area (TPSA) is 71.5 Å². The Labute approximate surface area is 400 Å². The summed E-state index contributed by atoms with van der Waals surface area (Å²) >= 11 is 0. The quantitative estimate of drug-likeness (QED) is 0.127. The van der Waals surface area contributed by atoms with E-state index in [2.05, 4.69) is 206 Å². The van der Waals surface area contributed by atoms with Crippen LogP contribution < -0.4 is 5.32 Å². The largest absolute Gasteiger partial charge is 0.355 e. The molecular formula is C63H44N6. The first-order valence-corrected chi connectivity index (χ1v) is 23.1. The van der Waals surface area contributed by atoms with Gasteiger partial charge in [0.2, 0.25) is 0 Å². The molecule has 2 N–H and O–H groups in total. The summed E-state index contributed by atoms with van der Waals surface area (Å²) in [6.45, 7) is 0. The minimum absolute atomic E-state index is 0.839. The van der Waals surface area contributed by atoms with Crippen LogP contribution in [0, 0.1) is 5.41 Å². The Balaban J connectivity index is 0.972. The van der Waals surface area contributed by atoms with Gasteiger partial charge in [-0.2, -0.15) is 10.2 Å². The van der Waals surface area contributed by atoms with Gasteiger partial charge in [0.25, 0.3) is 0 Å². The zero-order chi connectivity index (χ0) is 46.1. The summed E-state index contributed by atoms with van der Waals surface area (Å²) in [5.74, 6) is 0. The van der Waals surface area contributed by atoms with Crippen LogP contribution in [-0.4, -0.2) is 25.8 Å². The van der Waals surface area contributed by atoms with E-state index in [1.54, 1.807) is 0 Å². The van der Waals surface area contributed by atoms with Crippen LogP contribution in [0.3, 0.4) is 0 Å². The van der Waals surface area contributed by atoms with Crippen molar-refractivity contribution >= 4 is 39.4 Å². The normalized spacial score (nSPS) is 11.2. The van der Waals surface area contributed by atoms with Crippen LogP contribution in [0.25, 0.3) is 99.9 Å². The third kappa shape index (κ3) is 7.86. The van der Waals surface area contributed by atoms with Gasteiger partial charge in [-0.1, -0.05) is 164 Å². The summed E-state index contributed by atoms with van der Waals surface area (Å²) in [4.78, 5) is 0. The predicted molar refractivity (Wildman–Crippen MR) is 286 cm³/mol. The number of hydrogen-bond acceptors (Lipinski definition) is 4. The molecule has 0 saturated carbocycles. The lowest BCUT2D eigenvalue weighted by molar-refractivity contribution is 0.911. The SMILES string of the molecule is N=Cc1ccccc1Nc1ccc(-c2ccccc2-c2cc(-c3ccccc3-c3ccc(-n4ncc5ccccc54)cc3)cc(-c3ccccc3-c3ccc(-n4ncc5ccccc54)cc3)c2)cc1. The molecule has 0 unspecified atom stereocenters. The first kappa shape index (κ1) is 41.1. The lowest BCUT2D eigenvalue weighted by atomic mass is 9.86. The second kappa shape index (κ2) is 17.8. The smallest absolute Gasteiger partial charge is 0.0741 e. The molecule has 6 nitrogen and oxygen atoms in total. The molecule has 0 spiro atoms. The van der Waals surface area contributed by atoms with Gasteiger partial charge in [0.15, 0.2) is 0 Å². The molecule has 2 heterocycles. The van der Waals surface area contributed by atoms with Crippen LogP contribution in [0.4, 0.5) is 11.4 Å². The van der Waals surface area contributed by atoms with Gasteiger partial charge in [0.05, 0.1) is 34.8 Å². The number of nitrogens with zero attached hydrogens (tertiary/aromatic N) is 4. The van der Waals surface area contributed by atoms with Gasteiger partial charge < -0.3 is 10.7 Å². The Morgan fingerprint density at radius 3 is 1.12 bits per heavy atom. The minimum atomic E-state index is 0.839. The number of aromatic nitrogens is 4. The number of para-hydroxylation sites is 3. The highest BCUT2D eigenvalue weighted by Crippen LogP contribution is 2.43. The number of nitrogens with one attached hydrogen (secondary N) is 2. The van der Waals surface area contributed by atoms with Crippen molar-refractivity contribution in [3.63, 3.8) is 0 Å². The molecule has 0 fully saturated rings. The summed E-state index contributed by atoms with van der Waals surface area (Å²) in [7, 11) is 0. The monoisotopic (exact) mass is 884 g/mol. The van der Waals surface area contributed by atoms with E-state index in [9.17, 15) is 0 Å². The van der Waals surface area contributed by atoms with Crippen molar-refractivity contribution in [1.82, 2.24) is 19.6 Å². The molecule has 0 bridgehead atoms. The molecule has 0 amide bonds. The molecule has 0 radical (unpaired) electrons. The fourth-order valence-corrected chi connectivity index (χ4v) is 9.60. The van der Waals surface area contributed by atoms with Gasteiger partial charge in [-0.25, -0.2) is 9.36 Å². The Kier molecular flexibility index (Phi) is 10.6. The molecule has 0 atom stereocenters. The van der Waals surface area contributed by atoms with Crippen LogP contribution in [-0.2, 0) is 0 Å². The molecule has 10 aromatic carbocycles. The maximum absolute atomic E-state index is 7.89. The molecule has 326 valence electrons. The number of rotatable bonds is 11. The summed E-state index contributed by atoms with van der Waals surface area (Å²) < 4.78 is 4.01. The van der Waals surface area contributed by atoms with E-state index in [0.717, 1.165) is 117 Å². The average molecular weight is 885 g/mol. The molecular weight excluding hydrogens is 841 g/mol. The van der Waals surface area contributed by atoms with Crippen molar-refractivity contribution in [1.29, 1.82) is 5.41 Å². The number of benzene rings is 10. The van der Waals surface area contributed by atoms with Gasteiger partial charge in [0.1, 0.15) is 0 Å². The van der Waals surface area contributed by atoms with E-state index in [1.807, 2.05) is 58.2 Å². The molecule has 0 aliphatic rings. The summed E-state index contributed by atoms with van der Waals surface area (Å²) in [5, 5.41) is 23.1. The van der Waals surface area contributed by atoms with Gasteiger partial charge >= 0.3 is 0 Å². The van der Waals surface area contributed by atoms with Gasteiger partial charge in [-0.05, 0) is 140 Å². The van der Waals surface area contributed by atoms with Crippen molar-refractivity contribution in [3.05, 3.63) is 255 Å². The van der Waals surface area contributed by atoms with E-state index < -0.39 is 0 Å². The average Bonchev–Trinajstić information content (AvgIpc) is 4.07. The molecule has 0 saturated heterocycles. The maximum atomic E-state index is 7.89. The van der Waals surface area contributed by atoms with E-state index in [0.29, 0.717) is 0 Å². The van der Waals surface area contributed by atoms with Crippen LogP contribution >= 0.6 is 0 Å². The number of fused-ring (bicyclic) bond motifs is 2. The fourth-order valence-electron chi connectivity index (χ4n) is 9.60. The molecule has 2 aromatic heterocycles. The Hall–Kier alpha value is -9.39. The highest BCUT2D eigenvalue weighted by atomic mass is 15.3. The van der Waals surface area contributed by atoms with Crippen molar-refractivity contribution in [2.24, 2.45) is 0 Å². The standard InChI is InChI=1S/C63H44N6/c64-40-46-13-1-10-22-61(46)67-52-31-25-43(26-32-52)55-16-4-7-19-58(55)49-37-50(59-20-8-5-17-56(59)44-27-33-53(34-28-44)68-62-23-11-2-14-47(62)41-65-68)39-51(38-49)60-21-9-6-18-57(60)45-29-35-54(36-30-45)69-63-24-12-3-15-48(63)42-66-69/h1-42,64,67H. The summed E-state index contributed by atoms with van der Waals surface area (Å²) in [6.07, 6.45) is 5.22. The lowest BCUT2D eigenvalue weighted by Crippen LogP contribution is -1.96.